The lowest BCUT2D eigenvalue weighted by Crippen LogP contribution is -2.48. The first kappa shape index (κ1) is 25.0. The second-order valence-electron chi connectivity index (χ2n) is 7.30. The van der Waals surface area contributed by atoms with Crippen LogP contribution in [0.4, 0.5) is 10.1 Å². The van der Waals surface area contributed by atoms with E-state index >= 15 is 0 Å². The second kappa shape index (κ2) is 12.6. The SMILES string of the molecule is CCNC(=NCc1ccc(F)cc1)NC1CCN(c2cc(OC)cc(OC)c2)CC1.I. The Kier molecular flexibility index (Phi) is 10.2. The van der Waals surface area contributed by atoms with Gasteiger partial charge in [-0.25, -0.2) is 9.38 Å². The Hall–Kier alpha value is -2.23. The molecule has 170 valence electrons. The average molecular weight is 542 g/mol. The van der Waals surface area contributed by atoms with E-state index < -0.39 is 0 Å². The number of hydrogen-bond acceptors (Lipinski definition) is 4. The fourth-order valence-electron chi connectivity index (χ4n) is 3.53. The van der Waals surface area contributed by atoms with Crippen molar-refractivity contribution in [2.45, 2.75) is 32.4 Å². The minimum atomic E-state index is -0.229. The summed E-state index contributed by atoms with van der Waals surface area (Å²) in [6, 6.07) is 12.8. The van der Waals surface area contributed by atoms with E-state index in [-0.39, 0.29) is 29.8 Å². The molecule has 0 atom stereocenters. The summed E-state index contributed by atoms with van der Waals surface area (Å²) >= 11 is 0. The monoisotopic (exact) mass is 542 g/mol. The Balaban J connectivity index is 0.00000341. The highest BCUT2D eigenvalue weighted by molar-refractivity contribution is 14.0. The molecule has 1 fully saturated rings. The van der Waals surface area contributed by atoms with Crippen LogP contribution in [0.1, 0.15) is 25.3 Å². The summed E-state index contributed by atoms with van der Waals surface area (Å²) in [6.45, 7) is 5.22. The molecule has 0 aromatic heterocycles. The number of piperidine rings is 1. The van der Waals surface area contributed by atoms with Crippen LogP contribution in [-0.2, 0) is 6.54 Å². The largest absolute Gasteiger partial charge is 0.497 e. The molecule has 0 spiro atoms. The maximum Gasteiger partial charge on any atom is 0.191 e. The van der Waals surface area contributed by atoms with Crippen LogP contribution in [0.2, 0.25) is 0 Å². The molecule has 1 aliphatic heterocycles. The molecule has 2 aromatic rings. The molecule has 6 nitrogen and oxygen atoms in total. The molecule has 0 bridgehead atoms. The number of anilines is 1. The highest BCUT2D eigenvalue weighted by atomic mass is 127. The fraction of sp³-hybridized carbons (Fsp3) is 0.435. The van der Waals surface area contributed by atoms with Gasteiger partial charge in [-0.2, -0.15) is 0 Å². The van der Waals surface area contributed by atoms with Gasteiger partial charge in [-0.3, -0.25) is 0 Å². The Labute approximate surface area is 201 Å². The van der Waals surface area contributed by atoms with Gasteiger partial charge in [0.15, 0.2) is 5.96 Å². The lowest BCUT2D eigenvalue weighted by molar-refractivity contribution is 0.393. The zero-order valence-corrected chi connectivity index (χ0v) is 20.7. The predicted molar refractivity (Wildman–Crippen MR) is 135 cm³/mol. The fourth-order valence-corrected chi connectivity index (χ4v) is 3.53. The van der Waals surface area contributed by atoms with E-state index in [0.717, 1.165) is 61.2 Å². The number of nitrogens with one attached hydrogen (secondary N) is 2. The third-order valence-electron chi connectivity index (χ3n) is 5.21. The van der Waals surface area contributed by atoms with Crippen LogP contribution in [0, 0.1) is 5.82 Å². The van der Waals surface area contributed by atoms with Crippen LogP contribution < -0.4 is 25.0 Å². The highest BCUT2D eigenvalue weighted by Crippen LogP contribution is 2.30. The normalized spacial score (nSPS) is 14.6. The molecule has 0 radical (unpaired) electrons. The molecule has 0 amide bonds. The third kappa shape index (κ3) is 7.45. The summed E-state index contributed by atoms with van der Waals surface area (Å²) in [6.07, 6.45) is 2.00. The summed E-state index contributed by atoms with van der Waals surface area (Å²) in [4.78, 5) is 7.01. The molecule has 1 saturated heterocycles. The minimum absolute atomic E-state index is 0. The molecular formula is C23H32FIN4O2. The van der Waals surface area contributed by atoms with Crippen molar-refractivity contribution in [3.8, 4) is 11.5 Å². The van der Waals surface area contributed by atoms with Crippen LogP contribution in [0.25, 0.3) is 0 Å². The van der Waals surface area contributed by atoms with E-state index in [0.29, 0.717) is 12.6 Å². The Morgan fingerprint density at radius 2 is 1.68 bits per heavy atom. The Bertz CT molecular complexity index is 818. The van der Waals surface area contributed by atoms with Gasteiger partial charge >= 0.3 is 0 Å². The van der Waals surface area contributed by atoms with E-state index in [4.69, 9.17) is 9.47 Å². The molecule has 1 heterocycles. The summed E-state index contributed by atoms with van der Waals surface area (Å²) in [5, 5.41) is 6.85. The smallest absolute Gasteiger partial charge is 0.191 e. The van der Waals surface area contributed by atoms with Crippen LogP contribution in [-0.4, -0.2) is 45.9 Å². The summed E-state index contributed by atoms with van der Waals surface area (Å²) < 4.78 is 23.9. The first-order valence-electron chi connectivity index (χ1n) is 10.4. The van der Waals surface area contributed by atoms with Gasteiger partial charge in [0.1, 0.15) is 17.3 Å². The lowest BCUT2D eigenvalue weighted by atomic mass is 10.0. The number of benzene rings is 2. The van der Waals surface area contributed by atoms with Crippen molar-refractivity contribution in [3.63, 3.8) is 0 Å². The standard InChI is InChI=1S/C23H31FN4O2.HI/c1-4-25-23(26-16-17-5-7-18(24)8-6-17)27-19-9-11-28(12-10-19)20-13-21(29-2)15-22(14-20)30-3;/h5-8,13-15,19H,4,9-12,16H2,1-3H3,(H2,25,26,27);1H. The van der Waals surface area contributed by atoms with Crippen LogP contribution in [0.5, 0.6) is 11.5 Å². The number of guanidine groups is 1. The van der Waals surface area contributed by atoms with Gasteiger partial charge in [0.05, 0.1) is 20.8 Å². The average Bonchev–Trinajstić information content (AvgIpc) is 2.78. The maximum absolute atomic E-state index is 13.1. The van der Waals surface area contributed by atoms with Crippen molar-refractivity contribution in [3.05, 3.63) is 53.8 Å². The van der Waals surface area contributed by atoms with Crippen molar-refractivity contribution in [2.75, 3.05) is 38.8 Å². The van der Waals surface area contributed by atoms with Gasteiger partial charge in [-0.1, -0.05) is 12.1 Å². The van der Waals surface area contributed by atoms with Gasteiger partial charge in [-0.05, 0) is 37.5 Å². The maximum atomic E-state index is 13.1. The lowest BCUT2D eigenvalue weighted by Gasteiger charge is -2.34. The predicted octanol–water partition coefficient (Wildman–Crippen LogP) is 4.19. The van der Waals surface area contributed by atoms with E-state index in [1.165, 1.54) is 12.1 Å². The molecular weight excluding hydrogens is 510 g/mol. The summed E-state index contributed by atoms with van der Waals surface area (Å²) in [7, 11) is 3.34. The summed E-state index contributed by atoms with van der Waals surface area (Å²) in [5.74, 6) is 2.16. The molecule has 2 aromatic carbocycles. The number of nitrogens with zero attached hydrogens (tertiary/aromatic N) is 2. The van der Waals surface area contributed by atoms with E-state index in [2.05, 4.69) is 20.5 Å². The van der Waals surface area contributed by atoms with E-state index in [9.17, 15) is 4.39 Å². The first-order valence-corrected chi connectivity index (χ1v) is 10.4. The van der Waals surface area contributed by atoms with E-state index in [1.54, 1.807) is 26.4 Å². The Morgan fingerprint density at radius 3 is 2.23 bits per heavy atom. The number of rotatable bonds is 7. The first-order chi connectivity index (χ1) is 14.6. The van der Waals surface area contributed by atoms with Gasteiger partial charge in [0, 0.05) is 49.6 Å². The topological polar surface area (TPSA) is 58.1 Å². The molecule has 8 heteroatoms. The molecule has 3 rings (SSSR count). The van der Waals surface area contributed by atoms with Crippen molar-refractivity contribution >= 4 is 35.6 Å². The molecule has 0 saturated carbocycles. The van der Waals surface area contributed by atoms with Crippen LogP contribution >= 0.6 is 24.0 Å². The molecule has 0 unspecified atom stereocenters. The highest BCUT2D eigenvalue weighted by Gasteiger charge is 2.21. The molecule has 2 N–H and O–H groups in total. The number of aliphatic imine (C=N–C) groups is 1. The quantitative estimate of drug-likeness (QED) is 0.313. The third-order valence-corrected chi connectivity index (χ3v) is 5.21. The van der Waals surface area contributed by atoms with Crippen LogP contribution in [0.15, 0.2) is 47.5 Å². The molecule has 0 aliphatic carbocycles. The van der Waals surface area contributed by atoms with Crippen molar-refractivity contribution in [2.24, 2.45) is 4.99 Å². The minimum Gasteiger partial charge on any atom is -0.497 e. The van der Waals surface area contributed by atoms with Gasteiger partial charge in [-0.15, -0.1) is 24.0 Å². The molecule has 31 heavy (non-hydrogen) atoms. The van der Waals surface area contributed by atoms with Gasteiger partial charge in [0.25, 0.3) is 0 Å². The number of hydrogen-bond donors (Lipinski definition) is 2. The van der Waals surface area contributed by atoms with Gasteiger partial charge < -0.3 is 25.0 Å². The van der Waals surface area contributed by atoms with Crippen LogP contribution in [0.3, 0.4) is 0 Å². The zero-order valence-electron chi connectivity index (χ0n) is 18.4. The van der Waals surface area contributed by atoms with Gasteiger partial charge in [0.2, 0.25) is 0 Å². The number of halogens is 2. The van der Waals surface area contributed by atoms with Crippen molar-refractivity contribution in [1.29, 1.82) is 0 Å². The number of ether oxygens (including phenoxy) is 2. The van der Waals surface area contributed by atoms with Crippen molar-refractivity contribution < 1.29 is 13.9 Å². The zero-order chi connectivity index (χ0) is 21.3. The Morgan fingerprint density at radius 1 is 1.06 bits per heavy atom. The van der Waals surface area contributed by atoms with E-state index in [1.807, 2.05) is 25.1 Å². The second-order valence-corrected chi connectivity index (χ2v) is 7.30. The number of methoxy groups -OCH3 is 2. The van der Waals surface area contributed by atoms with Crippen molar-refractivity contribution in [1.82, 2.24) is 10.6 Å². The summed E-state index contributed by atoms with van der Waals surface area (Å²) in [5.41, 5.74) is 2.09. The molecule has 1 aliphatic rings.